The van der Waals surface area contributed by atoms with Crippen LogP contribution in [0, 0.1) is 0 Å². The Labute approximate surface area is 114 Å². The summed E-state index contributed by atoms with van der Waals surface area (Å²) >= 11 is 0. The summed E-state index contributed by atoms with van der Waals surface area (Å²) in [5.41, 5.74) is 4.54. The number of carbonyl (C=O) groups is 2. The predicted octanol–water partition coefficient (Wildman–Crippen LogP) is 1.00. The van der Waals surface area contributed by atoms with Crippen LogP contribution in [-0.4, -0.2) is 26.8 Å². The summed E-state index contributed by atoms with van der Waals surface area (Å²) < 4.78 is 14.4. The van der Waals surface area contributed by atoms with Crippen LogP contribution in [0.25, 0.3) is 0 Å². The summed E-state index contributed by atoms with van der Waals surface area (Å²) in [5, 5.41) is 15.2. The van der Waals surface area contributed by atoms with Crippen molar-refractivity contribution < 1.29 is 19.1 Å². The molecule has 0 unspecified atom stereocenters. The average molecular weight is 282 g/mol. The van der Waals surface area contributed by atoms with E-state index in [0.717, 1.165) is 10.9 Å². The molecule has 1 heterocycles. The highest BCUT2D eigenvalue weighted by atomic mass is 19.1. The van der Waals surface area contributed by atoms with Crippen LogP contribution in [0.3, 0.4) is 0 Å². The molecule has 1 rings (SSSR count). The molecule has 108 valence electrons. The Bertz CT molecular complexity index is 577. The molecular weight excluding hydrogens is 267 g/mol. The van der Waals surface area contributed by atoms with Crippen molar-refractivity contribution >= 4 is 11.9 Å². The molecule has 20 heavy (non-hydrogen) atoms. The summed E-state index contributed by atoms with van der Waals surface area (Å²) in [4.78, 5) is 22.2. The molecule has 0 aliphatic carbocycles. The number of primary amides is 1. The van der Waals surface area contributed by atoms with Gasteiger partial charge in [0.2, 0.25) is 0 Å². The lowest BCUT2D eigenvalue weighted by molar-refractivity contribution is 0.0691. The van der Waals surface area contributed by atoms with Gasteiger partial charge in [0.05, 0.1) is 11.9 Å². The molecule has 0 radical (unpaired) electrons. The molecule has 0 aliphatic heterocycles. The van der Waals surface area contributed by atoms with Gasteiger partial charge in [-0.05, 0) is 12.5 Å². The molecule has 1 amide bonds. The van der Waals surface area contributed by atoms with Crippen LogP contribution in [0.2, 0.25) is 0 Å². The maximum Gasteiger partial charge on any atom is 0.339 e. The Balaban J connectivity index is 2.89. The molecule has 1 aromatic heterocycles. The zero-order valence-corrected chi connectivity index (χ0v) is 10.9. The third kappa shape index (κ3) is 3.44. The summed E-state index contributed by atoms with van der Waals surface area (Å²) in [7, 11) is 0. The fourth-order valence-electron chi connectivity index (χ4n) is 1.48. The molecular formula is C12H15FN4O3. The fraction of sp³-hybridized carbons (Fsp3) is 0.250. The number of halogens is 1. The normalized spacial score (nSPS) is 11.2. The molecule has 0 saturated heterocycles. The first-order valence-electron chi connectivity index (χ1n) is 5.76. The Morgan fingerprint density at radius 3 is 2.80 bits per heavy atom. The van der Waals surface area contributed by atoms with Crippen molar-refractivity contribution in [2.75, 3.05) is 0 Å². The molecule has 0 aliphatic rings. The average Bonchev–Trinajstić information content (AvgIpc) is 2.80. The van der Waals surface area contributed by atoms with Crippen molar-refractivity contribution in [2.45, 2.75) is 20.0 Å². The summed E-state index contributed by atoms with van der Waals surface area (Å²) in [6, 6.07) is 0. The Morgan fingerprint density at radius 1 is 1.65 bits per heavy atom. The van der Waals surface area contributed by atoms with E-state index in [4.69, 9.17) is 10.8 Å². The number of carbonyl (C=O) groups excluding carboxylic acids is 1. The second-order valence-corrected chi connectivity index (χ2v) is 3.85. The molecule has 7 nitrogen and oxygen atoms in total. The predicted molar refractivity (Wildman–Crippen MR) is 69.5 cm³/mol. The van der Waals surface area contributed by atoms with Crippen LogP contribution < -0.4 is 11.1 Å². The molecule has 4 N–H and O–H groups in total. The lowest BCUT2D eigenvalue weighted by atomic mass is 10.2. The standard InChI is InChI=1S/C12H15FN4O3/c1-3-4-9(13)7(2)15-6-17-10(11(14)18)8(5-16-17)12(19)20/h4-5,15H,2-3,6H2,1H3,(H2,14,18)(H,19,20)/b9-4+. The SMILES string of the molecule is C=C(NCn1ncc(C(=O)O)c1C(N)=O)/C(F)=C\CC. The molecule has 0 atom stereocenters. The van der Waals surface area contributed by atoms with Gasteiger partial charge >= 0.3 is 5.97 Å². The number of nitrogens with one attached hydrogen (secondary N) is 1. The van der Waals surface area contributed by atoms with Gasteiger partial charge in [-0.25, -0.2) is 13.9 Å². The molecule has 0 bridgehead atoms. The van der Waals surface area contributed by atoms with E-state index in [1.165, 1.54) is 6.08 Å². The number of allylic oxidation sites excluding steroid dienone is 2. The van der Waals surface area contributed by atoms with E-state index in [9.17, 15) is 14.0 Å². The topological polar surface area (TPSA) is 110 Å². The zero-order valence-electron chi connectivity index (χ0n) is 10.9. The molecule has 0 fully saturated rings. The number of hydrogen-bond donors (Lipinski definition) is 3. The lowest BCUT2D eigenvalue weighted by Crippen LogP contribution is -2.26. The fourth-order valence-corrected chi connectivity index (χ4v) is 1.48. The van der Waals surface area contributed by atoms with Gasteiger partial charge in [-0.2, -0.15) is 5.10 Å². The summed E-state index contributed by atoms with van der Waals surface area (Å²) in [5.74, 6) is -2.78. The number of carboxylic acid groups (broad SMARTS) is 1. The first-order chi connectivity index (χ1) is 9.38. The van der Waals surface area contributed by atoms with Crippen LogP contribution in [-0.2, 0) is 6.67 Å². The van der Waals surface area contributed by atoms with Crippen molar-refractivity contribution in [1.29, 1.82) is 0 Å². The quantitative estimate of drug-likeness (QED) is 0.646. The van der Waals surface area contributed by atoms with Gasteiger partial charge in [0.1, 0.15) is 23.8 Å². The van der Waals surface area contributed by atoms with Crippen molar-refractivity contribution in [3.05, 3.63) is 41.6 Å². The van der Waals surface area contributed by atoms with Crippen molar-refractivity contribution in [3.8, 4) is 0 Å². The highest BCUT2D eigenvalue weighted by Crippen LogP contribution is 2.10. The Kier molecular flexibility index (Phi) is 5.01. The van der Waals surface area contributed by atoms with Gasteiger partial charge < -0.3 is 16.2 Å². The summed E-state index contributed by atoms with van der Waals surface area (Å²) in [6.07, 6.45) is 2.84. The number of nitrogens with two attached hydrogens (primary N) is 1. The van der Waals surface area contributed by atoms with Crippen molar-refractivity contribution in [1.82, 2.24) is 15.1 Å². The van der Waals surface area contributed by atoms with Gasteiger partial charge in [0, 0.05) is 0 Å². The van der Waals surface area contributed by atoms with Crippen molar-refractivity contribution in [2.24, 2.45) is 5.73 Å². The van der Waals surface area contributed by atoms with E-state index in [1.54, 1.807) is 6.92 Å². The molecule has 0 saturated carbocycles. The summed E-state index contributed by atoms with van der Waals surface area (Å²) in [6.45, 7) is 5.12. The number of hydrogen-bond acceptors (Lipinski definition) is 4. The van der Waals surface area contributed by atoms with E-state index in [-0.39, 0.29) is 23.6 Å². The smallest absolute Gasteiger partial charge is 0.339 e. The second kappa shape index (κ2) is 6.50. The van der Waals surface area contributed by atoms with E-state index in [1.807, 2.05) is 0 Å². The minimum atomic E-state index is -1.32. The highest BCUT2D eigenvalue weighted by molar-refractivity contribution is 6.02. The lowest BCUT2D eigenvalue weighted by Gasteiger charge is -2.10. The Hall–Kier alpha value is -2.64. The number of rotatable bonds is 7. The number of carboxylic acids is 1. The molecule has 1 aromatic rings. The monoisotopic (exact) mass is 282 g/mol. The van der Waals surface area contributed by atoms with Crippen LogP contribution >= 0.6 is 0 Å². The molecule has 0 aromatic carbocycles. The number of aromatic carboxylic acids is 1. The van der Waals surface area contributed by atoms with E-state index < -0.39 is 17.7 Å². The van der Waals surface area contributed by atoms with E-state index >= 15 is 0 Å². The van der Waals surface area contributed by atoms with Crippen LogP contribution in [0.15, 0.2) is 30.4 Å². The van der Waals surface area contributed by atoms with Crippen LogP contribution in [0.5, 0.6) is 0 Å². The van der Waals surface area contributed by atoms with Gasteiger partial charge in [0.25, 0.3) is 5.91 Å². The number of amides is 1. The van der Waals surface area contributed by atoms with Gasteiger partial charge in [0.15, 0.2) is 0 Å². The van der Waals surface area contributed by atoms with Crippen molar-refractivity contribution in [3.63, 3.8) is 0 Å². The van der Waals surface area contributed by atoms with E-state index in [0.29, 0.717) is 6.42 Å². The first kappa shape index (κ1) is 15.4. The second-order valence-electron chi connectivity index (χ2n) is 3.85. The van der Waals surface area contributed by atoms with Gasteiger partial charge in [-0.1, -0.05) is 13.5 Å². The van der Waals surface area contributed by atoms with Gasteiger partial charge in [-0.15, -0.1) is 0 Å². The minimum Gasteiger partial charge on any atom is -0.478 e. The van der Waals surface area contributed by atoms with Crippen LogP contribution in [0.4, 0.5) is 4.39 Å². The van der Waals surface area contributed by atoms with E-state index in [2.05, 4.69) is 17.0 Å². The number of nitrogens with zero attached hydrogens (tertiary/aromatic N) is 2. The number of aromatic nitrogens is 2. The first-order valence-corrected chi connectivity index (χ1v) is 5.76. The molecule has 0 spiro atoms. The zero-order chi connectivity index (χ0) is 15.3. The maximum absolute atomic E-state index is 13.4. The third-order valence-electron chi connectivity index (χ3n) is 2.42. The minimum absolute atomic E-state index is 0.00893. The Morgan fingerprint density at radius 2 is 2.30 bits per heavy atom. The maximum atomic E-state index is 13.4. The van der Waals surface area contributed by atoms with Crippen LogP contribution in [0.1, 0.15) is 34.2 Å². The molecule has 8 heteroatoms. The largest absolute Gasteiger partial charge is 0.478 e. The van der Waals surface area contributed by atoms with Gasteiger partial charge in [-0.3, -0.25) is 4.79 Å². The highest BCUT2D eigenvalue weighted by Gasteiger charge is 2.20. The third-order valence-corrected chi connectivity index (χ3v) is 2.42.